The van der Waals surface area contributed by atoms with Crippen molar-refractivity contribution in [1.82, 2.24) is 4.98 Å². The minimum Gasteiger partial charge on any atom is -0.298 e. The Labute approximate surface area is 149 Å². The van der Waals surface area contributed by atoms with Gasteiger partial charge < -0.3 is 0 Å². The van der Waals surface area contributed by atoms with Crippen molar-refractivity contribution in [3.05, 3.63) is 64.5 Å². The number of nitrogens with zero attached hydrogens (tertiary/aromatic N) is 1. The van der Waals surface area contributed by atoms with E-state index >= 15 is 0 Å². The number of aryl methyl sites for hydroxylation is 2. The number of thioether (sulfide) groups is 1. The highest BCUT2D eigenvalue weighted by atomic mass is 32.2. The van der Waals surface area contributed by atoms with E-state index in [1.54, 1.807) is 23.1 Å². The highest BCUT2D eigenvalue weighted by molar-refractivity contribution is 7.98. The Bertz CT molecular complexity index is 917. The summed E-state index contributed by atoms with van der Waals surface area (Å²) in [6.07, 6.45) is 4.00. The number of amides is 1. The summed E-state index contributed by atoms with van der Waals surface area (Å²) in [6.45, 7) is 0. The first-order valence-electron chi connectivity index (χ1n) is 7.78. The molecule has 3 nitrogen and oxygen atoms in total. The number of hydrogen-bond acceptors (Lipinski definition) is 4. The van der Waals surface area contributed by atoms with E-state index in [4.69, 9.17) is 4.98 Å². The molecule has 0 unspecified atom stereocenters. The zero-order valence-electron chi connectivity index (χ0n) is 13.2. The molecule has 0 saturated carbocycles. The van der Waals surface area contributed by atoms with E-state index in [1.165, 1.54) is 16.0 Å². The largest absolute Gasteiger partial charge is 0.298 e. The van der Waals surface area contributed by atoms with Crippen LogP contribution in [-0.2, 0) is 12.8 Å². The van der Waals surface area contributed by atoms with Gasteiger partial charge in [-0.05, 0) is 36.8 Å². The van der Waals surface area contributed by atoms with Crippen LogP contribution in [0.2, 0.25) is 0 Å². The van der Waals surface area contributed by atoms with Crippen molar-refractivity contribution >= 4 is 34.1 Å². The SMILES string of the molecule is CSc1ccccc1C(=O)Nc1nc2c(s1)CCc1ccccc1-2. The second kappa shape index (κ2) is 6.42. The third kappa shape index (κ3) is 2.74. The molecule has 4 rings (SSSR count). The number of benzene rings is 2. The molecule has 1 N–H and O–H groups in total. The Kier molecular flexibility index (Phi) is 4.12. The van der Waals surface area contributed by atoms with Crippen LogP contribution in [0, 0.1) is 0 Å². The van der Waals surface area contributed by atoms with Crippen LogP contribution in [-0.4, -0.2) is 17.1 Å². The van der Waals surface area contributed by atoms with Gasteiger partial charge in [-0.1, -0.05) is 36.4 Å². The van der Waals surface area contributed by atoms with Gasteiger partial charge in [-0.15, -0.1) is 23.1 Å². The predicted molar refractivity (Wildman–Crippen MR) is 101 cm³/mol. The van der Waals surface area contributed by atoms with E-state index in [2.05, 4.69) is 23.5 Å². The van der Waals surface area contributed by atoms with E-state index in [0.29, 0.717) is 10.7 Å². The van der Waals surface area contributed by atoms with Gasteiger partial charge >= 0.3 is 0 Å². The van der Waals surface area contributed by atoms with Gasteiger partial charge in [0, 0.05) is 15.3 Å². The molecular formula is C19H16N2OS2. The normalized spacial score (nSPS) is 12.4. The molecule has 120 valence electrons. The summed E-state index contributed by atoms with van der Waals surface area (Å²) in [5.74, 6) is -0.0978. The topological polar surface area (TPSA) is 42.0 Å². The quantitative estimate of drug-likeness (QED) is 0.683. The van der Waals surface area contributed by atoms with Crippen LogP contribution < -0.4 is 5.32 Å². The number of anilines is 1. The fourth-order valence-corrected chi connectivity index (χ4v) is 4.57. The summed E-state index contributed by atoms with van der Waals surface area (Å²) in [4.78, 5) is 19.5. The first-order valence-corrected chi connectivity index (χ1v) is 9.83. The molecule has 0 atom stereocenters. The molecule has 5 heteroatoms. The molecule has 1 aromatic heterocycles. The Morgan fingerprint density at radius 1 is 1.12 bits per heavy atom. The van der Waals surface area contributed by atoms with Crippen molar-refractivity contribution in [3.63, 3.8) is 0 Å². The number of thiazole rings is 1. The average molecular weight is 352 g/mol. The van der Waals surface area contributed by atoms with Crippen LogP contribution in [0.5, 0.6) is 0 Å². The number of fused-ring (bicyclic) bond motifs is 3. The molecule has 24 heavy (non-hydrogen) atoms. The minimum absolute atomic E-state index is 0.0978. The van der Waals surface area contributed by atoms with Gasteiger partial charge in [0.15, 0.2) is 5.13 Å². The van der Waals surface area contributed by atoms with Gasteiger partial charge in [-0.25, -0.2) is 4.98 Å². The molecule has 3 aromatic rings. The predicted octanol–water partition coefficient (Wildman–Crippen LogP) is 4.88. The molecule has 0 bridgehead atoms. The first-order chi connectivity index (χ1) is 11.8. The van der Waals surface area contributed by atoms with E-state index in [-0.39, 0.29) is 5.91 Å². The maximum Gasteiger partial charge on any atom is 0.258 e. The van der Waals surface area contributed by atoms with Crippen molar-refractivity contribution in [1.29, 1.82) is 0 Å². The number of aromatic nitrogens is 1. The van der Waals surface area contributed by atoms with Crippen molar-refractivity contribution < 1.29 is 4.79 Å². The molecule has 1 heterocycles. The second-order valence-corrected chi connectivity index (χ2v) is 7.53. The molecule has 1 aliphatic carbocycles. The van der Waals surface area contributed by atoms with Crippen LogP contribution in [0.3, 0.4) is 0 Å². The average Bonchev–Trinajstić information content (AvgIpc) is 3.04. The fourth-order valence-electron chi connectivity index (χ4n) is 3.00. The number of rotatable bonds is 3. The lowest BCUT2D eigenvalue weighted by atomic mass is 9.94. The smallest absolute Gasteiger partial charge is 0.258 e. The second-order valence-electron chi connectivity index (χ2n) is 5.60. The van der Waals surface area contributed by atoms with E-state index in [0.717, 1.165) is 23.4 Å². The lowest BCUT2D eigenvalue weighted by Crippen LogP contribution is -2.12. The Balaban J connectivity index is 1.64. The van der Waals surface area contributed by atoms with Gasteiger partial charge in [-0.2, -0.15) is 0 Å². The van der Waals surface area contributed by atoms with Crippen LogP contribution in [0.4, 0.5) is 5.13 Å². The number of carbonyl (C=O) groups excluding carboxylic acids is 1. The standard InChI is InChI=1S/C19H16N2OS2/c1-23-15-9-5-4-8-14(15)18(22)21-19-20-17-13-7-3-2-6-12(13)10-11-16(17)24-19/h2-9H,10-11H2,1H3,(H,20,21,22). The van der Waals surface area contributed by atoms with Crippen LogP contribution in [0.1, 0.15) is 20.8 Å². The zero-order chi connectivity index (χ0) is 16.5. The zero-order valence-corrected chi connectivity index (χ0v) is 14.8. The molecule has 1 aliphatic rings. The van der Waals surface area contributed by atoms with Crippen molar-refractivity contribution in [3.8, 4) is 11.3 Å². The summed E-state index contributed by atoms with van der Waals surface area (Å²) in [7, 11) is 0. The van der Waals surface area contributed by atoms with E-state index < -0.39 is 0 Å². The molecule has 2 aromatic carbocycles. The fraction of sp³-hybridized carbons (Fsp3) is 0.158. The summed E-state index contributed by atoms with van der Waals surface area (Å²) in [5.41, 5.74) is 4.25. The molecule has 0 saturated heterocycles. The van der Waals surface area contributed by atoms with Crippen molar-refractivity contribution in [2.24, 2.45) is 0 Å². The van der Waals surface area contributed by atoms with Gasteiger partial charge in [0.1, 0.15) is 0 Å². The first kappa shape index (κ1) is 15.4. The molecule has 0 spiro atoms. The highest BCUT2D eigenvalue weighted by Gasteiger charge is 2.21. The molecule has 0 radical (unpaired) electrons. The summed E-state index contributed by atoms with van der Waals surface area (Å²) in [5, 5.41) is 3.65. The lowest BCUT2D eigenvalue weighted by molar-refractivity contribution is 0.102. The Hall–Kier alpha value is -2.11. The Morgan fingerprint density at radius 2 is 1.92 bits per heavy atom. The highest BCUT2D eigenvalue weighted by Crippen LogP contribution is 2.38. The van der Waals surface area contributed by atoms with E-state index in [1.807, 2.05) is 36.6 Å². The van der Waals surface area contributed by atoms with Gasteiger partial charge in [0.25, 0.3) is 5.91 Å². The van der Waals surface area contributed by atoms with Gasteiger partial charge in [0.05, 0.1) is 11.3 Å². The third-order valence-electron chi connectivity index (χ3n) is 4.16. The van der Waals surface area contributed by atoms with E-state index in [9.17, 15) is 4.79 Å². The summed E-state index contributed by atoms with van der Waals surface area (Å²) >= 11 is 3.16. The summed E-state index contributed by atoms with van der Waals surface area (Å²) < 4.78 is 0. The summed E-state index contributed by atoms with van der Waals surface area (Å²) in [6, 6.07) is 16.0. The lowest BCUT2D eigenvalue weighted by Gasteiger charge is -2.13. The number of hydrogen-bond donors (Lipinski definition) is 1. The monoisotopic (exact) mass is 352 g/mol. The molecule has 0 aliphatic heterocycles. The van der Waals surface area contributed by atoms with Gasteiger partial charge in [-0.3, -0.25) is 10.1 Å². The van der Waals surface area contributed by atoms with Crippen molar-refractivity contribution in [2.75, 3.05) is 11.6 Å². The van der Waals surface area contributed by atoms with Gasteiger partial charge in [0.2, 0.25) is 0 Å². The van der Waals surface area contributed by atoms with Crippen molar-refractivity contribution in [2.45, 2.75) is 17.7 Å². The van der Waals surface area contributed by atoms with Crippen LogP contribution >= 0.6 is 23.1 Å². The number of nitrogens with one attached hydrogen (secondary N) is 1. The maximum atomic E-state index is 12.6. The number of carbonyl (C=O) groups is 1. The molecule has 1 amide bonds. The minimum atomic E-state index is -0.0978. The molecule has 0 fully saturated rings. The van der Waals surface area contributed by atoms with Crippen LogP contribution in [0.25, 0.3) is 11.3 Å². The molecular weight excluding hydrogens is 336 g/mol. The van der Waals surface area contributed by atoms with Crippen LogP contribution in [0.15, 0.2) is 53.4 Å². The third-order valence-corrected chi connectivity index (χ3v) is 5.99. The Morgan fingerprint density at radius 3 is 2.79 bits per heavy atom. The maximum absolute atomic E-state index is 12.6.